The van der Waals surface area contributed by atoms with Crippen LogP contribution in [0.3, 0.4) is 0 Å². The maximum absolute atomic E-state index is 11.0. The second-order valence-corrected chi connectivity index (χ2v) is 4.73. The van der Waals surface area contributed by atoms with Gasteiger partial charge in [0.2, 0.25) is 5.91 Å². The van der Waals surface area contributed by atoms with E-state index < -0.39 is 11.4 Å². The number of carbonyl (C=O) groups is 1. The van der Waals surface area contributed by atoms with Crippen LogP contribution in [0.25, 0.3) is 0 Å². The molecule has 0 aliphatic rings. The minimum Gasteiger partial charge on any atom is -0.494 e. The predicted molar refractivity (Wildman–Crippen MR) is 72.3 cm³/mol. The first-order valence-electron chi connectivity index (χ1n) is 6.26. The number of benzene rings is 1. The second-order valence-electron chi connectivity index (χ2n) is 4.73. The van der Waals surface area contributed by atoms with Crippen LogP contribution in [0.4, 0.5) is 0 Å². The van der Waals surface area contributed by atoms with Gasteiger partial charge in [0, 0.05) is 0 Å². The first-order valence-corrected chi connectivity index (χ1v) is 6.26. The van der Waals surface area contributed by atoms with E-state index in [9.17, 15) is 4.79 Å². The van der Waals surface area contributed by atoms with Crippen LogP contribution >= 0.6 is 0 Å². The van der Waals surface area contributed by atoms with Gasteiger partial charge in [0.15, 0.2) is 0 Å². The molecule has 1 unspecified atom stereocenters. The smallest absolute Gasteiger partial charge is 0.237 e. The Hall–Kier alpha value is -1.55. The average Bonchev–Trinajstić information content (AvgIpc) is 2.35. The summed E-state index contributed by atoms with van der Waals surface area (Å²) >= 11 is 0. The zero-order valence-corrected chi connectivity index (χ0v) is 11.1. The maximum atomic E-state index is 11.0. The van der Waals surface area contributed by atoms with Crippen molar-refractivity contribution < 1.29 is 9.53 Å². The van der Waals surface area contributed by atoms with E-state index in [0.717, 1.165) is 12.2 Å². The molecule has 4 N–H and O–H groups in total. The van der Waals surface area contributed by atoms with Crippen molar-refractivity contribution in [3.63, 3.8) is 0 Å². The second kappa shape index (κ2) is 6.40. The third-order valence-electron chi connectivity index (χ3n) is 3.00. The van der Waals surface area contributed by atoms with Gasteiger partial charge in [-0.25, -0.2) is 0 Å². The van der Waals surface area contributed by atoms with Gasteiger partial charge in [-0.2, -0.15) is 0 Å². The fourth-order valence-electron chi connectivity index (χ4n) is 1.57. The Balaban J connectivity index is 2.31. The van der Waals surface area contributed by atoms with Gasteiger partial charge in [-0.05, 0) is 43.9 Å². The molecule has 0 spiro atoms. The number of ether oxygens (including phenoxy) is 1. The number of primary amides is 1. The van der Waals surface area contributed by atoms with E-state index in [0.29, 0.717) is 19.4 Å². The monoisotopic (exact) mass is 250 g/mol. The Kier molecular flexibility index (Phi) is 5.16. The fraction of sp³-hybridized carbons (Fsp3) is 0.500. The van der Waals surface area contributed by atoms with E-state index in [2.05, 4.69) is 6.92 Å². The highest BCUT2D eigenvalue weighted by Gasteiger charge is 2.24. The average molecular weight is 250 g/mol. The zero-order valence-electron chi connectivity index (χ0n) is 11.1. The highest BCUT2D eigenvalue weighted by Crippen LogP contribution is 2.14. The van der Waals surface area contributed by atoms with Crippen molar-refractivity contribution in [1.29, 1.82) is 0 Å². The van der Waals surface area contributed by atoms with Crippen molar-refractivity contribution in [3.05, 3.63) is 29.8 Å². The third-order valence-corrected chi connectivity index (χ3v) is 3.00. The molecule has 4 nitrogen and oxygen atoms in total. The van der Waals surface area contributed by atoms with Crippen molar-refractivity contribution in [2.45, 2.75) is 38.6 Å². The molecule has 4 heteroatoms. The molecule has 0 bridgehead atoms. The van der Waals surface area contributed by atoms with E-state index in [4.69, 9.17) is 16.2 Å². The van der Waals surface area contributed by atoms with Gasteiger partial charge in [-0.3, -0.25) is 4.79 Å². The summed E-state index contributed by atoms with van der Waals surface area (Å²) in [6.07, 6.45) is 2.24. The van der Waals surface area contributed by atoms with E-state index in [1.165, 1.54) is 5.56 Å². The summed E-state index contributed by atoms with van der Waals surface area (Å²) in [5.74, 6) is 0.361. The van der Waals surface area contributed by atoms with Crippen molar-refractivity contribution in [2.75, 3.05) is 6.61 Å². The normalized spacial score (nSPS) is 13.9. The fourth-order valence-corrected chi connectivity index (χ4v) is 1.57. The summed E-state index contributed by atoms with van der Waals surface area (Å²) in [5, 5.41) is 0. The Bertz CT molecular complexity index is 385. The number of hydrogen-bond acceptors (Lipinski definition) is 3. The van der Waals surface area contributed by atoms with Crippen molar-refractivity contribution in [3.8, 4) is 5.75 Å². The van der Waals surface area contributed by atoms with Gasteiger partial charge < -0.3 is 16.2 Å². The van der Waals surface area contributed by atoms with Gasteiger partial charge in [0.05, 0.1) is 12.1 Å². The van der Waals surface area contributed by atoms with Gasteiger partial charge in [0.25, 0.3) is 0 Å². The molecular formula is C14H22N2O2. The third kappa shape index (κ3) is 4.37. The summed E-state index contributed by atoms with van der Waals surface area (Å²) in [6.45, 7) is 4.29. The number of rotatable bonds is 7. The van der Waals surface area contributed by atoms with Crippen molar-refractivity contribution in [1.82, 2.24) is 0 Å². The lowest BCUT2D eigenvalue weighted by Gasteiger charge is -2.20. The van der Waals surface area contributed by atoms with E-state index in [1.54, 1.807) is 6.92 Å². The van der Waals surface area contributed by atoms with Crippen molar-refractivity contribution in [2.24, 2.45) is 11.5 Å². The molecule has 1 atom stereocenters. The lowest BCUT2D eigenvalue weighted by Crippen LogP contribution is -2.49. The molecule has 0 fully saturated rings. The summed E-state index contributed by atoms with van der Waals surface area (Å²) < 4.78 is 5.57. The molecule has 100 valence electrons. The Morgan fingerprint density at radius 1 is 1.33 bits per heavy atom. The first kappa shape index (κ1) is 14.5. The quantitative estimate of drug-likeness (QED) is 0.722. The first-order chi connectivity index (χ1) is 8.45. The molecule has 0 saturated carbocycles. The molecule has 18 heavy (non-hydrogen) atoms. The summed E-state index contributed by atoms with van der Waals surface area (Å²) in [7, 11) is 0. The van der Waals surface area contributed by atoms with Gasteiger partial charge >= 0.3 is 0 Å². The van der Waals surface area contributed by atoms with E-state index in [1.807, 2.05) is 24.3 Å². The van der Waals surface area contributed by atoms with Crippen LogP contribution in [0.15, 0.2) is 24.3 Å². The lowest BCUT2D eigenvalue weighted by atomic mass is 9.97. The predicted octanol–water partition coefficient (Wildman–Crippen LogP) is 1.61. The summed E-state index contributed by atoms with van der Waals surface area (Å²) in [4.78, 5) is 11.0. The summed E-state index contributed by atoms with van der Waals surface area (Å²) in [6, 6.07) is 8.00. The standard InChI is InChI=1S/C14H22N2O2/c1-3-11-5-7-12(8-6-11)18-10-4-9-14(2,16)13(15)17/h5-8H,3-4,9-10,16H2,1-2H3,(H2,15,17). The Labute approximate surface area is 108 Å². The topological polar surface area (TPSA) is 78.3 Å². The lowest BCUT2D eigenvalue weighted by molar-refractivity contribution is -0.122. The summed E-state index contributed by atoms with van der Waals surface area (Å²) in [5.41, 5.74) is 11.3. The number of amides is 1. The largest absolute Gasteiger partial charge is 0.494 e. The zero-order chi connectivity index (χ0) is 13.6. The molecule has 0 aliphatic heterocycles. The molecule has 0 saturated heterocycles. The minimum absolute atomic E-state index is 0.477. The number of nitrogens with two attached hydrogens (primary N) is 2. The molecule has 0 radical (unpaired) electrons. The number of carbonyl (C=O) groups excluding carboxylic acids is 1. The highest BCUT2D eigenvalue weighted by atomic mass is 16.5. The molecule has 1 amide bonds. The molecule has 1 aromatic rings. The van der Waals surface area contributed by atoms with Gasteiger partial charge in [-0.1, -0.05) is 19.1 Å². The molecule has 1 aromatic carbocycles. The molecular weight excluding hydrogens is 228 g/mol. The molecule has 0 aliphatic carbocycles. The molecule has 0 heterocycles. The van der Waals surface area contributed by atoms with E-state index in [-0.39, 0.29) is 0 Å². The van der Waals surface area contributed by atoms with Crippen LogP contribution in [0.5, 0.6) is 5.75 Å². The van der Waals surface area contributed by atoms with Crippen LogP contribution in [-0.4, -0.2) is 18.1 Å². The van der Waals surface area contributed by atoms with Gasteiger partial charge in [0.1, 0.15) is 5.75 Å². The highest BCUT2D eigenvalue weighted by molar-refractivity contribution is 5.83. The SMILES string of the molecule is CCc1ccc(OCCCC(C)(N)C(N)=O)cc1. The van der Waals surface area contributed by atoms with Crippen LogP contribution in [-0.2, 0) is 11.2 Å². The number of aryl methyl sites for hydroxylation is 1. The van der Waals surface area contributed by atoms with Crippen molar-refractivity contribution >= 4 is 5.91 Å². The van der Waals surface area contributed by atoms with Crippen LogP contribution < -0.4 is 16.2 Å². The van der Waals surface area contributed by atoms with Gasteiger partial charge in [-0.15, -0.1) is 0 Å². The Morgan fingerprint density at radius 3 is 2.44 bits per heavy atom. The minimum atomic E-state index is -0.949. The van der Waals surface area contributed by atoms with Crippen LogP contribution in [0.2, 0.25) is 0 Å². The number of hydrogen-bond donors (Lipinski definition) is 2. The Morgan fingerprint density at radius 2 is 1.94 bits per heavy atom. The van der Waals surface area contributed by atoms with Crippen LogP contribution in [0, 0.1) is 0 Å². The molecule has 1 rings (SSSR count). The van der Waals surface area contributed by atoms with Crippen LogP contribution in [0.1, 0.15) is 32.3 Å². The molecule has 0 aromatic heterocycles. The maximum Gasteiger partial charge on any atom is 0.237 e. The van der Waals surface area contributed by atoms with E-state index >= 15 is 0 Å².